The fraction of sp³-hybridized carbons (Fsp3) is 0.353. The minimum Gasteiger partial charge on any atom is -0.496 e. The summed E-state index contributed by atoms with van der Waals surface area (Å²) in [6.45, 7) is 7.72. The molecule has 0 aliphatic carbocycles. The van der Waals surface area contributed by atoms with Crippen molar-refractivity contribution in [2.75, 3.05) is 7.11 Å². The summed E-state index contributed by atoms with van der Waals surface area (Å²) < 4.78 is 5.40. The van der Waals surface area contributed by atoms with Gasteiger partial charge < -0.3 is 4.74 Å². The monoisotopic (exact) mass is 284 g/mol. The van der Waals surface area contributed by atoms with E-state index in [4.69, 9.17) is 4.74 Å². The molecule has 0 amide bonds. The second-order valence-corrected chi connectivity index (χ2v) is 5.19. The van der Waals surface area contributed by atoms with Crippen LogP contribution < -0.4 is 4.74 Å². The van der Waals surface area contributed by atoms with Gasteiger partial charge in [-0.15, -0.1) is 0 Å². The van der Waals surface area contributed by atoms with Crippen molar-refractivity contribution >= 4 is 5.78 Å². The van der Waals surface area contributed by atoms with Crippen LogP contribution in [0.5, 0.6) is 5.75 Å². The second-order valence-electron chi connectivity index (χ2n) is 5.19. The maximum atomic E-state index is 12.9. The van der Waals surface area contributed by atoms with Crippen LogP contribution >= 0.6 is 0 Å². The van der Waals surface area contributed by atoms with E-state index in [-0.39, 0.29) is 5.78 Å². The highest BCUT2D eigenvalue weighted by molar-refractivity contribution is 6.12. The van der Waals surface area contributed by atoms with Crippen LogP contribution in [0, 0.1) is 20.8 Å². The van der Waals surface area contributed by atoms with E-state index in [9.17, 15) is 4.79 Å². The van der Waals surface area contributed by atoms with Gasteiger partial charge in [-0.3, -0.25) is 4.79 Å². The van der Waals surface area contributed by atoms with Gasteiger partial charge in [0.2, 0.25) is 0 Å². The molecule has 0 atom stereocenters. The zero-order valence-corrected chi connectivity index (χ0v) is 13.2. The Hall–Kier alpha value is -2.23. The van der Waals surface area contributed by atoms with Crippen molar-refractivity contribution in [2.24, 2.45) is 0 Å². The van der Waals surface area contributed by atoms with E-state index in [1.54, 1.807) is 13.2 Å². The van der Waals surface area contributed by atoms with E-state index in [0.29, 0.717) is 29.0 Å². The lowest BCUT2D eigenvalue weighted by Crippen LogP contribution is -2.12. The molecule has 2 rings (SSSR count). The summed E-state index contributed by atoms with van der Waals surface area (Å²) in [5.41, 5.74) is 4.64. The zero-order chi connectivity index (χ0) is 15.6. The Balaban J connectivity index is 2.63. The summed E-state index contributed by atoms with van der Waals surface area (Å²) in [5.74, 6) is 0.549. The lowest BCUT2D eigenvalue weighted by atomic mass is 9.95. The molecule has 0 fully saturated rings. The van der Waals surface area contributed by atoms with Gasteiger partial charge in [0.15, 0.2) is 5.78 Å². The van der Waals surface area contributed by atoms with Crippen LogP contribution in [0.4, 0.5) is 0 Å². The SMILES string of the molecule is CCc1nnc(C)cc1C(=O)c1c(C)cc(C)cc1OC. The van der Waals surface area contributed by atoms with Crippen molar-refractivity contribution < 1.29 is 9.53 Å². The maximum Gasteiger partial charge on any atom is 0.198 e. The van der Waals surface area contributed by atoms with E-state index >= 15 is 0 Å². The molecule has 1 heterocycles. The number of nitrogens with zero attached hydrogens (tertiary/aromatic N) is 2. The molecule has 21 heavy (non-hydrogen) atoms. The summed E-state index contributed by atoms with van der Waals surface area (Å²) in [6.07, 6.45) is 0.668. The Morgan fingerprint density at radius 1 is 1.14 bits per heavy atom. The molecule has 0 aliphatic rings. The number of rotatable bonds is 4. The smallest absolute Gasteiger partial charge is 0.198 e. The van der Waals surface area contributed by atoms with E-state index in [1.807, 2.05) is 39.8 Å². The van der Waals surface area contributed by atoms with Crippen molar-refractivity contribution in [2.45, 2.75) is 34.1 Å². The van der Waals surface area contributed by atoms with Crippen molar-refractivity contribution in [3.8, 4) is 5.75 Å². The number of aryl methyl sites for hydroxylation is 4. The fourth-order valence-electron chi connectivity index (χ4n) is 2.49. The fourth-order valence-corrected chi connectivity index (χ4v) is 2.49. The molecule has 2 aromatic rings. The molecule has 0 N–H and O–H groups in total. The van der Waals surface area contributed by atoms with Crippen molar-refractivity contribution in [3.05, 3.63) is 51.8 Å². The number of hydrogen-bond donors (Lipinski definition) is 0. The minimum atomic E-state index is -0.0563. The van der Waals surface area contributed by atoms with Gasteiger partial charge in [0.05, 0.1) is 24.1 Å². The molecular weight excluding hydrogens is 264 g/mol. The Labute approximate surface area is 125 Å². The first-order valence-corrected chi connectivity index (χ1v) is 7.01. The van der Waals surface area contributed by atoms with Crippen LogP contribution in [0.15, 0.2) is 18.2 Å². The van der Waals surface area contributed by atoms with Crippen LogP contribution in [0.3, 0.4) is 0 Å². The standard InChI is InChI=1S/C17H20N2O2/c1-6-14-13(9-12(4)18-19-14)17(20)16-11(3)7-10(2)8-15(16)21-5/h7-9H,6H2,1-5H3. The van der Waals surface area contributed by atoms with Gasteiger partial charge in [0, 0.05) is 5.56 Å². The van der Waals surface area contributed by atoms with Crippen LogP contribution in [-0.2, 0) is 6.42 Å². The third-order valence-corrected chi connectivity index (χ3v) is 3.46. The largest absolute Gasteiger partial charge is 0.496 e. The average Bonchev–Trinajstić information content (AvgIpc) is 2.45. The molecule has 0 saturated heterocycles. The molecule has 0 aliphatic heterocycles. The summed E-state index contributed by atoms with van der Waals surface area (Å²) >= 11 is 0. The van der Waals surface area contributed by atoms with Crippen molar-refractivity contribution in [3.63, 3.8) is 0 Å². The number of ketones is 1. The third-order valence-electron chi connectivity index (χ3n) is 3.46. The first-order valence-electron chi connectivity index (χ1n) is 7.01. The molecule has 0 saturated carbocycles. The number of carbonyl (C=O) groups is 1. The molecule has 0 bridgehead atoms. The Bertz CT molecular complexity index is 693. The zero-order valence-electron chi connectivity index (χ0n) is 13.2. The van der Waals surface area contributed by atoms with E-state index in [1.165, 1.54) is 0 Å². The summed E-state index contributed by atoms with van der Waals surface area (Å²) in [4.78, 5) is 12.9. The lowest BCUT2D eigenvalue weighted by Gasteiger charge is -2.13. The molecule has 0 unspecified atom stereocenters. The minimum absolute atomic E-state index is 0.0563. The third kappa shape index (κ3) is 2.94. The summed E-state index contributed by atoms with van der Waals surface area (Å²) in [6, 6.07) is 5.67. The Morgan fingerprint density at radius 3 is 2.48 bits per heavy atom. The molecule has 4 nitrogen and oxygen atoms in total. The second kappa shape index (κ2) is 6.04. The van der Waals surface area contributed by atoms with Crippen LogP contribution in [0.1, 0.15) is 45.4 Å². The molecule has 0 radical (unpaired) electrons. The predicted molar refractivity (Wildman–Crippen MR) is 82.0 cm³/mol. The van der Waals surface area contributed by atoms with Gasteiger partial charge in [-0.1, -0.05) is 13.0 Å². The number of ether oxygens (including phenoxy) is 1. The normalized spacial score (nSPS) is 10.5. The molecule has 1 aromatic heterocycles. The number of benzene rings is 1. The number of methoxy groups -OCH3 is 1. The predicted octanol–water partition coefficient (Wildman–Crippen LogP) is 3.20. The van der Waals surface area contributed by atoms with Crippen LogP contribution in [0.2, 0.25) is 0 Å². The van der Waals surface area contributed by atoms with E-state index in [2.05, 4.69) is 10.2 Å². The number of hydrogen-bond acceptors (Lipinski definition) is 4. The summed E-state index contributed by atoms with van der Waals surface area (Å²) in [5, 5.41) is 8.17. The van der Waals surface area contributed by atoms with E-state index in [0.717, 1.165) is 16.8 Å². The van der Waals surface area contributed by atoms with Crippen LogP contribution in [-0.4, -0.2) is 23.1 Å². The average molecular weight is 284 g/mol. The number of aromatic nitrogens is 2. The van der Waals surface area contributed by atoms with Gasteiger partial charge in [-0.2, -0.15) is 10.2 Å². The molecule has 1 aromatic carbocycles. The molecular formula is C17H20N2O2. The van der Waals surface area contributed by atoms with Crippen molar-refractivity contribution in [1.82, 2.24) is 10.2 Å². The molecule has 110 valence electrons. The topological polar surface area (TPSA) is 52.1 Å². The van der Waals surface area contributed by atoms with Gasteiger partial charge in [-0.05, 0) is 50.5 Å². The first kappa shape index (κ1) is 15.2. The quantitative estimate of drug-likeness (QED) is 0.809. The Morgan fingerprint density at radius 2 is 1.86 bits per heavy atom. The maximum absolute atomic E-state index is 12.9. The van der Waals surface area contributed by atoms with Gasteiger partial charge >= 0.3 is 0 Å². The molecule has 0 spiro atoms. The van der Waals surface area contributed by atoms with Crippen molar-refractivity contribution in [1.29, 1.82) is 0 Å². The van der Waals surface area contributed by atoms with Crippen LogP contribution in [0.25, 0.3) is 0 Å². The van der Waals surface area contributed by atoms with E-state index < -0.39 is 0 Å². The highest BCUT2D eigenvalue weighted by Gasteiger charge is 2.21. The Kier molecular flexibility index (Phi) is 4.36. The number of carbonyl (C=O) groups excluding carboxylic acids is 1. The highest BCUT2D eigenvalue weighted by Crippen LogP contribution is 2.27. The summed E-state index contributed by atoms with van der Waals surface area (Å²) in [7, 11) is 1.59. The van der Waals surface area contributed by atoms with Gasteiger partial charge in [0.1, 0.15) is 5.75 Å². The van der Waals surface area contributed by atoms with Gasteiger partial charge in [-0.25, -0.2) is 0 Å². The highest BCUT2D eigenvalue weighted by atomic mass is 16.5. The molecule has 4 heteroatoms. The first-order chi connectivity index (χ1) is 9.97. The lowest BCUT2D eigenvalue weighted by molar-refractivity contribution is 0.103. The van der Waals surface area contributed by atoms with Gasteiger partial charge in [0.25, 0.3) is 0 Å².